The summed E-state index contributed by atoms with van der Waals surface area (Å²) < 4.78 is 0. The summed E-state index contributed by atoms with van der Waals surface area (Å²) in [6, 6.07) is 13.9. The van der Waals surface area contributed by atoms with Crippen molar-refractivity contribution >= 4 is 11.3 Å². The van der Waals surface area contributed by atoms with Gasteiger partial charge in [0, 0.05) is 15.8 Å². The average Bonchev–Trinajstić information content (AvgIpc) is 2.94. The number of thiophene rings is 1. The molecule has 2 rings (SSSR count). The van der Waals surface area contributed by atoms with E-state index in [1.165, 1.54) is 27.3 Å². The van der Waals surface area contributed by atoms with Crippen molar-refractivity contribution < 1.29 is 0 Å². The predicted molar refractivity (Wildman–Crippen MR) is 95.0 cm³/mol. The van der Waals surface area contributed by atoms with E-state index in [1.807, 2.05) is 11.3 Å². The highest BCUT2D eigenvalue weighted by Gasteiger charge is 2.17. The van der Waals surface area contributed by atoms with Crippen LogP contribution < -0.4 is 5.32 Å². The van der Waals surface area contributed by atoms with Crippen LogP contribution >= 0.6 is 11.3 Å². The summed E-state index contributed by atoms with van der Waals surface area (Å²) >= 11 is 1.94. The molecule has 2 aromatic rings. The van der Waals surface area contributed by atoms with Crippen LogP contribution in [-0.2, 0) is 6.42 Å². The molecule has 0 saturated carbocycles. The number of nitrogens with one attached hydrogen (secondary N) is 1. The summed E-state index contributed by atoms with van der Waals surface area (Å²) in [4.78, 5) is 2.85. The Hall–Kier alpha value is -1.12. The van der Waals surface area contributed by atoms with Crippen LogP contribution in [0.2, 0.25) is 0 Å². The molecule has 1 unspecified atom stereocenters. The third-order valence-electron chi connectivity index (χ3n) is 3.83. The normalized spacial score (nSPS) is 12.8. The van der Waals surface area contributed by atoms with E-state index in [4.69, 9.17) is 0 Å². The molecule has 0 fully saturated rings. The van der Waals surface area contributed by atoms with Gasteiger partial charge in [0.05, 0.1) is 0 Å². The Morgan fingerprint density at radius 1 is 1.05 bits per heavy atom. The molecule has 0 amide bonds. The zero-order valence-electron chi connectivity index (χ0n) is 13.6. The second-order valence-electron chi connectivity index (χ2n) is 5.89. The highest BCUT2D eigenvalue weighted by Crippen LogP contribution is 2.35. The van der Waals surface area contributed by atoms with Gasteiger partial charge in [0.15, 0.2) is 0 Å². The first-order valence-corrected chi connectivity index (χ1v) is 8.90. The molecule has 0 aliphatic heterocycles. The van der Waals surface area contributed by atoms with Crippen LogP contribution in [0.3, 0.4) is 0 Å². The molecule has 0 aliphatic carbocycles. The monoisotopic (exact) mass is 301 g/mol. The van der Waals surface area contributed by atoms with E-state index in [-0.39, 0.29) is 0 Å². The summed E-state index contributed by atoms with van der Waals surface area (Å²) in [5, 5.41) is 3.61. The predicted octanol–water partition coefficient (Wildman–Crippen LogP) is 5.67. The van der Waals surface area contributed by atoms with Gasteiger partial charge in [-0.3, -0.25) is 0 Å². The van der Waals surface area contributed by atoms with Gasteiger partial charge in [-0.15, -0.1) is 11.3 Å². The molecule has 114 valence electrons. The molecule has 0 bridgehead atoms. The van der Waals surface area contributed by atoms with Crippen molar-refractivity contribution in [1.29, 1.82) is 0 Å². The fourth-order valence-corrected chi connectivity index (χ4v) is 4.12. The molecule has 0 radical (unpaired) electrons. The zero-order chi connectivity index (χ0) is 15.2. The minimum atomic E-state index is 0.465. The number of hydrogen-bond acceptors (Lipinski definition) is 2. The lowest BCUT2D eigenvalue weighted by Crippen LogP contribution is -2.24. The molecular weight excluding hydrogens is 274 g/mol. The summed E-state index contributed by atoms with van der Waals surface area (Å²) in [6.45, 7) is 10.0. The molecule has 1 N–H and O–H groups in total. The fraction of sp³-hybridized carbons (Fsp3) is 0.474. The Kier molecular flexibility index (Phi) is 6.01. The Bertz CT molecular complexity index is 556. The van der Waals surface area contributed by atoms with Gasteiger partial charge in [0.2, 0.25) is 0 Å². The highest BCUT2D eigenvalue weighted by molar-refractivity contribution is 7.15. The molecule has 0 saturated heterocycles. The molecule has 1 nitrogen and oxygen atoms in total. The van der Waals surface area contributed by atoms with Gasteiger partial charge in [0.1, 0.15) is 0 Å². The maximum absolute atomic E-state index is 3.61. The van der Waals surface area contributed by atoms with Crippen molar-refractivity contribution in [2.24, 2.45) is 5.92 Å². The molecule has 1 aromatic heterocycles. The van der Waals surface area contributed by atoms with Crippen LogP contribution in [0.1, 0.15) is 50.6 Å². The van der Waals surface area contributed by atoms with Gasteiger partial charge < -0.3 is 5.32 Å². The minimum absolute atomic E-state index is 0.465. The molecule has 0 spiro atoms. The van der Waals surface area contributed by atoms with Crippen molar-refractivity contribution in [1.82, 2.24) is 5.32 Å². The number of aryl methyl sites for hydroxylation is 1. The lowest BCUT2D eigenvalue weighted by molar-refractivity contribution is 0.428. The van der Waals surface area contributed by atoms with E-state index < -0.39 is 0 Å². The Morgan fingerprint density at radius 3 is 2.48 bits per heavy atom. The minimum Gasteiger partial charge on any atom is -0.309 e. The number of benzene rings is 1. The quantitative estimate of drug-likeness (QED) is 0.694. The van der Waals surface area contributed by atoms with Crippen LogP contribution in [0, 0.1) is 5.92 Å². The second kappa shape index (κ2) is 7.77. The molecule has 1 aromatic carbocycles. The average molecular weight is 301 g/mol. The molecule has 0 aliphatic rings. The van der Waals surface area contributed by atoms with Crippen molar-refractivity contribution in [2.45, 2.75) is 46.6 Å². The van der Waals surface area contributed by atoms with Crippen molar-refractivity contribution in [2.75, 3.05) is 6.54 Å². The first-order valence-electron chi connectivity index (χ1n) is 8.08. The number of rotatable bonds is 7. The van der Waals surface area contributed by atoms with Gasteiger partial charge in [-0.25, -0.2) is 0 Å². The molecule has 21 heavy (non-hydrogen) atoms. The van der Waals surface area contributed by atoms with Gasteiger partial charge in [0.25, 0.3) is 0 Å². The molecule has 1 heterocycles. The fourth-order valence-electron chi connectivity index (χ4n) is 2.80. The highest BCUT2D eigenvalue weighted by atomic mass is 32.1. The van der Waals surface area contributed by atoms with Crippen LogP contribution in [0.5, 0.6) is 0 Å². The summed E-state index contributed by atoms with van der Waals surface area (Å²) in [7, 11) is 0. The smallest absolute Gasteiger partial charge is 0.0438 e. The van der Waals surface area contributed by atoms with Crippen LogP contribution in [0.25, 0.3) is 10.4 Å². The maximum atomic E-state index is 3.61. The van der Waals surface area contributed by atoms with Crippen LogP contribution in [-0.4, -0.2) is 6.54 Å². The van der Waals surface area contributed by atoms with E-state index >= 15 is 0 Å². The first kappa shape index (κ1) is 16.3. The van der Waals surface area contributed by atoms with E-state index in [9.17, 15) is 0 Å². The summed E-state index contributed by atoms with van der Waals surface area (Å²) in [6.07, 6.45) is 2.35. The van der Waals surface area contributed by atoms with Crippen molar-refractivity contribution in [3.63, 3.8) is 0 Å². The van der Waals surface area contributed by atoms with E-state index in [2.05, 4.69) is 69.4 Å². The largest absolute Gasteiger partial charge is 0.309 e. The van der Waals surface area contributed by atoms with E-state index in [0.717, 1.165) is 13.0 Å². The summed E-state index contributed by atoms with van der Waals surface area (Å²) in [5.41, 5.74) is 2.88. The third-order valence-corrected chi connectivity index (χ3v) is 5.03. The van der Waals surface area contributed by atoms with Gasteiger partial charge >= 0.3 is 0 Å². The molecular formula is C19H27NS. The molecule has 1 atom stereocenters. The number of hydrogen-bond donors (Lipinski definition) is 1. The van der Waals surface area contributed by atoms with Gasteiger partial charge in [-0.2, -0.15) is 0 Å². The molecule has 2 heteroatoms. The Morgan fingerprint density at radius 2 is 1.81 bits per heavy atom. The standard InChI is InChI=1S/C19H27NS/c1-5-9-15-10-7-8-11-16(15)17-12-13-18(21-17)19(14(3)4)20-6-2/h7-8,10-14,19-20H,5-6,9H2,1-4H3. The second-order valence-corrected chi connectivity index (χ2v) is 7.00. The van der Waals surface area contributed by atoms with E-state index in [0.29, 0.717) is 12.0 Å². The summed E-state index contributed by atoms with van der Waals surface area (Å²) in [5.74, 6) is 0.613. The lowest BCUT2D eigenvalue weighted by atomic mass is 10.0. The van der Waals surface area contributed by atoms with Gasteiger partial charge in [-0.1, -0.05) is 58.4 Å². The first-order chi connectivity index (χ1) is 10.2. The van der Waals surface area contributed by atoms with E-state index in [1.54, 1.807) is 0 Å². The van der Waals surface area contributed by atoms with Crippen LogP contribution in [0.15, 0.2) is 36.4 Å². The topological polar surface area (TPSA) is 12.0 Å². The zero-order valence-corrected chi connectivity index (χ0v) is 14.5. The maximum Gasteiger partial charge on any atom is 0.0438 e. The van der Waals surface area contributed by atoms with Crippen LogP contribution in [0.4, 0.5) is 0 Å². The van der Waals surface area contributed by atoms with Crippen molar-refractivity contribution in [3.05, 3.63) is 46.8 Å². The SMILES string of the molecule is CCCc1ccccc1-c1ccc(C(NCC)C(C)C)s1. The lowest BCUT2D eigenvalue weighted by Gasteiger charge is -2.20. The third kappa shape index (κ3) is 3.96. The van der Waals surface area contributed by atoms with Crippen molar-refractivity contribution in [3.8, 4) is 10.4 Å². The Labute approximate surface area is 133 Å². The Balaban J connectivity index is 2.31. The van der Waals surface area contributed by atoms with Gasteiger partial charge in [-0.05, 0) is 42.1 Å².